The van der Waals surface area contributed by atoms with E-state index >= 15 is 0 Å². The van der Waals surface area contributed by atoms with E-state index in [4.69, 9.17) is 0 Å². The Bertz CT molecular complexity index is 703. The summed E-state index contributed by atoms with van der Waals surface area (Å²) in [6.07, 6.45) is -0.312. The molecule has 0 saturated carbocycles. The molecule has 5 heteroatoms. The van der Waals surface area contributed by atoms with E-state index in [-0.39, 0.29) is 17.9 Å². The average molecular weight is 324 g/mol. The molecular formula is C19H20N2O3. The zero-order valence-corrected chi connectivity index (χ0v) is 13.3. The van der Waals surface area contributed by atoms with Crippen molar-refractivity contribution in [2.24, 2.45) is 0 Å². The zero-order valence-electron chi connectivity index (χ0n) is 13.3. The number of benzene rings is 2. The van der Waals surface area contributed by atoms with Gasteiger partial charge in [-0.3, -0.25) is 4.79 Å². The molecule has 5 nitrogen and oxygen atoms in total. The van der Waals surface area contributed by atoms with Gasteiger partial charge in [-0.25, -0.2) is 4.79 Å². The minimum Gasteiger partial charge on any atom is -0.465 e. The summed E-state index contributed by atoms with van der Waals surface area (Å²) in [4.78, 5) is 25.2. The Balaban J connectivity index is 1.79. The van der Waals surface area contributed by atoms with Crippen LogP contribution in [0.25, 0.3) is 0 Å². The first-order chi connectivity index (χ1) is 11.6. The van der Waals surface area contributed by atoms with Crippen LogP contribution in [0.4, 0.5) is 4.79 Å². The monoisotopic (exact) mass is 324 g/mol. The number of likely N-dealkylation sites (tertiary alicyclic amines) is 1. The second-order valence-corrected chi connectivity index (χ2v) is 5.98. The zero-order chi connectivity index (χ0) is 16.9. The number of amides is 2. The summed E-state index contributed by atoms with van der Waals surface area (Å²) in [7, 11) is 0. The van der Waals surface area contributed by atoms with Crippen LogP contribution in [0.5, 0.6) is 0 Å². The molecule has 1 heterocycles. The molecule has 1 fully saturated rings. The maximum atomic E-state index is 12.5. The summed E-state index contributed by atoms with van der Waals surface area (Å²) in [5.74, 6) is -0.172. The van der Waals surface area contributed by atoms with E-state index in [1.54, 1.807) is 12.1 Å². The van der Waals surface area contributed by atoms with Gasteiger partial charge in [0.2, 0.25) is 0 Å². The molecule has 0 aromatic heterocycles. The van der Waals surface area contributed by atoms with Gasteiger partial charge in [-0.1, -0.05) is 48.5 Å². The topological polar surface area (TPSA) is 69.6 Å². The van der Waals surface area contributed by atoms with E-state index in [0.29, 0.717) is 25.1 Å². The highest BCUT2D eigenvalue weighted by Crippen LogP contribution is 2.27. The van der Waals surface area contributed by atoms with Gasteiger partial charge >= 0.3 is 6.09 Å². The molecule has 0 aliphatic carbocycles. The van der Waals surface area contributed by atoms with Crippen molar-refractivity contribution in [1.82, 2.24) is 10.2 Å². The quantitative estimate of drug-likeness (QED) is 0.912. The molecule has 124 valence electrons. The average Bonchev–Trinajstić information content (AvgIpc) is 2.63. The van der Waals surface area contributed by atoms with Crippen molar-refractivity contribution in [3.8, 4) is 0 Å². The van der Waals surface area contributed by atoms with Crippen LogP contribution in [0.3, 0.4) is 0 Å². The number of rotatable bonds is 3. The summed E-state index contributed by atoms with van der Waals surface area (Å²) in [6.45, 7) is 0.817. The first kappa shape index (κ1) is 16.1. The van der Waals surface area contributed by atoms with E-state index in [1.807, 2.05) is 48.5 Å². The number of hydrogen-bond donors (Lipinski definition) is 2. The number of hydrogen-bond acceptors (Lipinski definition) is 2. The lowest BCUT2D eigenvalue weighted by atomic mass is 9.86. The second kappa shape index (κ2) is 7.17. The van der Waals surface area contributed by atoms with Crippen molar-refractivity contribution in [2.75, 3.05) is 13.1 Å². The van der Waals surface area contributed by atoms with Crippen molar-refractivity contribution in [3.05, 3.63) is 71.8 Å². The highest BCUT2D eigenvalue weighted by atomic mass is 16.4. The van der Waals surface area contributed by atoms with Gasteiger partial charge < -0.3 is 15.3 Å². The van der Waals surface area contributed by atoms with Crippen molar-refractivity contribution in [2.45, 2.75) is 18.4 Å². The Labute approximate surface area is 140 Å². The number of carbonyl (C=O) groups excluding carboxylic acids is 1. The van der Waals surface area contributed by atoms with Crippen LogP contribution in [-0.2, 0) is 0 Å². The first-order valence-electron chi connectivity index (χ1n) is 8.04. The van der Waals surface area contributed by atoms with Gasteiger partial charge in [0.25, 0.3) is 5.91 Å². The fourth-order valence-corrected chi connectivity index (χ4v) is 3.18. The second-order valence-electron chi connectivity index (χ2n) is 5.98. The summed E-state index contributed by atoms with van der Waals surface area (Å²) < 4.78 is 0. The van der Waals surface area contributed by atoms with Crippen LogP contribution >= 0.6 is 0 Å². The fourth-order valence-electron chi connectivity index (χ4n) is 3.18. The van der Waals surface area contributed by atoms with Gasteiger partial charge in [-0.15, -0.1) is 0 Å². The van der Waals surface area contributed by atoms with Gasteiger partial charge in [0.15, 0.2) is 0 Å². The lowest BCUT2D eigenvalue weighted by Gasteiger charge is -2.38. The van der Waals surface area contributed by atoms with Gasteiger partial charge in [-0.2, -0.15) is 0 Å². The highest BCUT2D eigenvalue weighted by Gasteiger charge is 2.33. The number of carbonyl (C=O) groups is 2. The third kappa shape index (κ3) is 3.56. The molecule has 0 bridgehead atoms. The standard InChI is InChI=1S/C19H20N2O3/c22-18(15-9-5-2-6-10-15)20-17-11-12-21(19(23)24)13-16(17)14-7-3-1-4-8-14/h1-10,16-17H,11-13H2,(H,20,22)(H,23,24). The number of nitrogens with zero attached hydrogens (tertiary/aromatic N) is 1. The highest BCUT2D eigenvalue weighted by molar-refractivity contribution is 5.94. The Morgan fingerprint density at radius 1 is 1.00 bits per heavy atom. The molecule has 2 N–H and O–H groups in total. The Morgan fingerprint density at radius 3 is 2.25 bits per heavy atom. The van der Waals surface area contributed by atoms with Crippen LogP contribution in [0.1, 0.15) is 28.3 Å². The summed E-state index contributed by atoms with van der Waals surface area (Å²) in [6, 6.07) is 18.8. The summed E-state index contributed by atoms with van der Waals surface area (Å²) in [5, 5.41) is 12.4. The first-order valence-corrected chi connectivity index (χ1v) is 8.04. The third-order valence-corrected chi connectivity index (χ3v) is 4.46. The molecule has 2 aromatic carbocycles. The summed E-state index contributed by atoms with van der Waals surface area (Å²) in [5.41, 5.74) is 1.66. The molecule has 0 spiro atoms. The molecule has 24 heavy (non-hydrogen) atoms. The van der Waals surface area contributed by atoms with E-state index in [1.165, 1.54) is 4.90 Å². The smallest absolute Gasteiger partial charge is 0.407 e. The predicted molar refractivity (Wildman–Crippen MR) is 91.1 cm³/mol. The van der Waals surface area contributed by atoms with Crippen molar-refractivity contribution < 1.29 is 14.7 Å². The van der Waals surface area contributed by atoms with E-state index in [9.17, 15) is 14.7 Å². The van der Waals surface area contributed by atoms with Gasteiger partial charge in [0, 0.05) is 30.6 Å². The minimum absolute atomic E-state index is 0.0521. The molecule has 1 saturated heterocycles. The van der Waals surface area contributed by atoms with Crippen LogP contribution in [-0.4, -0.2) is 41.1 Å². The Hall–Kier alpha value is -2.82. The van der Waals surface area contributed by atoms with Crippen LogP contribution < -0.4 is 5.32 Å². The lowest BCUT2D eigenvalue weighted by molar-refractivity contribution is 0.0888. The molecule has 0 radical (unpaired) electrons. The molecule has 2 aromatic rings. The predicted octanol–water partition coefficient (Wildman–Crippen LogP) is 2.95. The number of piperidine rings is 1. The van der Waals surface area contributed by atoms with E-state index in [0.717, 1.165) is 5.56 Å². The van der Waals surface area contributed by atoms with E-state index < -0.39 is 6.09 Å². The van der Waals surface area contributed by atoms with Crippen molar-refractivity contribution in [1.29, 1.82) is 0 Å². The molecular weight excluding hydrogens is 304 g/mol. The van der Waals surface area contributed by atoms with Crippen LogP contribution in [0.15, 0.2) is 60.7 Å². The van der Waals surface area contributed by atoms with Crippen molar-refractivity contribution >= 4 is 12.0 Å². The molecule has 2 amide bonds. The maximum absolute atomic E-state index is 12.5. The SMILES string of the molecule is O=C(NC1CCN(C(=O)O)CC1c1ccccc1)c1ccccc1. The normalized spacial score (nSPS) is 20.4. The lowest BCUT2D eigenvalue weighted by Crippen LogP contribution is -2.51. The van der Waals surface area contributed by atoms with Crippen LogP contribution in [0, 0.1) is 0 Å². The fraction of sp³-hybridized carbons (Fsp3) is 0.263. The molecule has 2 atom stereocenters. The van der Waals surface area contributed by atoms with Crippen molar-refractivity contribution in [3.63, 3.8) is 0 Å². The number of nitrogens with one attached hydrogen (secondary N) is 1. The molecule has 3 rings (SSSR count). The molecule has 1 aliphatic rings. The van der Waals surface area contributed by atoms with Crippen LogP contribution in [0.2, 0.25) is 0 Å². The minimum atomic E-state index is -0.913. The maximum Gasteiger partial charge on any atom is 0.407 e. The number of carboxylic acid groups (broad SMARTS) is 1. The van der Waals surface area contributed by atoms with E-state index in [2.05, 4.69) is 5.32 Å². The molecule has 2 unspecified atom stereocenters. The van der Waals surface area contributed by atoms with Gasteiger partial charge in [0.1, 0.15) is 0 Å². The Kier molecular flexibility index (Phi) is 4.79. The summed E-state index contributed by atoms with van der Waals surface area (Å²) >= 11 is 0. The van der Waals surface area contributed by atoms with Gasteiger partial charge in [-0.05, 0) is 24.1 Å². The third-order valence-electron chi connectivity index (χ3n) is 4.46. The Morgan fingerprint density at radius 2 is 1.62 bits per heavy atom. The van der Waals surface area contributed by atoms with Gasteiger partial charge in [0.05, 0.1) is 0 Å². The molecule has 1 aliphatic heterocycles. The largest absolute Gasteiger partial charge is 0.465 e.